The van der Waals surface area contributed by atoms with Gasteiger partial charge in [-0.3, -0.25) is 4.79 Å². The minimum atomic E-state index is -0.0199. The average molecular weight is 235 g/mol. The highest BCUT2D eigenvalue weighted by Gasteiger charge is 2.46. The molecule has 0 spiro atoms. The molecule has 1 heterocycles. The van der Waals surface area contributed by atoms with Gasteiger partial charge in [0.25, 0.3) is 5.56 Å². The van der Waals surface area contributed by atoms with E-state index in [1.54, 1.807) is 6.92 Å². The molecular weight excluding hydrogens is 214 g/mol. The summed E-state index contributed by atoms with van der Waals surface area (Å²) in [5.74, 6) is 0.676. The molecule has 0 bridgehead atoms. The molecule has 1 aliphatic carbocycles. The highest BCUT2D eigenvalue weighted by atomic mass is 16.1. The first-order valence-corrected chi connectivity index (χ1v) is 6.15. The molecule has 4 nitrogen and oxygen atoms in total. The first kappa shape index (κ1) is 12.3. The fourth-order valence-electron chi connectivity index (χ4n) is 2.38. The maximum atomic E-state index is 11.9. The maximum absolute atomic E-state index is 11.9. The number of nitrogens with zero attached hydrogens (tertiary/aromatic N) is 1. The topological polar surface area (TPSA) is 57.8 Å². The molecule has 4 heteroatoms. The van der Waals surface area contributed by atoms with Gasteiger partial charge in [-0.15, -0.1) is 0 Å². The maximum Gasteiger partial charge on any atom is 0.255 e. The molecule has 1 aromatic rings. The van der Waals surface area contributed by atoms with Crippen molar-refractivity contribution in [3.05, 3.63) is 27.4 Å². The monoisotopic (exact) mass is 235 g/mol. The summed E-state index contributed by atoms with van der Waals surface area (Å²) in [5, 5.41) is 3.50. The van der Waals surface area contributed by atoms with Crippen LogP contribution in [0.3, 0.4) is 0 Å². The van der Waals surface area contributed by atoms with Crippen LogP contribution in [0.25, 0.3) is 0 Å². The Kier molecular flexibility index (Phi) is 2.86. The Hall–Kier alpha value is -1.16. The van der Waals surface area contributed by atoms with Gasteiger partial charge in [0.05, 0.1) is 5.56 Å². The van der Waals surface area contributed by atoms with Gasteiger partial charge in [-0.2, -0.15) is 0 Å². The highest BCUT2D eigenvalue weighted by Crippen LogP contribution is 2.45. The number of nitrogens with one attached hydrogen (secondary N) is 2. The highest BCUT2D eigenvalue weighted by molar-refractivity contribution is 5.21. The van der Waals surface area contributed by atoms with Crippen LogP contribution in [0.15, 0.2) is 4.79 Å². The molecule has 1 fully saturated rings. The van der Waals surface area contributed by atoms with Gasteiger partial charge in [-0.05, 0) is 32.6 Å². The Morgan fingerprint density at radius 3 is 2.53 bits per heavy atom. The molecule has 17 heavy (non-hydrogen) atoms. The predicted octanol–water partition coefficient (Wildman–Crippen LogP) is 1.84. The SMILES string of the molecule is Cc1nc(C)c(C(C)NC2CC2(C)C)c(=O)[nH]1. The molecule has 2 atom stereocenters. The first-order valence-electron chi connectivity index (χ1n) is 6.15. The number of aromatic nitrogens is 2. The lowest BCUT2D eigenvalue weighted by molar-refractivity contribution is 0.486. The Bertz CT molecular complexity index is 490. The van der Waals surface area contributed by atoms with E-state index in [-0.39, 0.29) is 11.6 Å². The second-order valence-electron chi connectivity index (χ2n) is 5.78. The van der Waals surface area contributed by atoms with Crippen LogP contribution in [0.5, 0.6) is 0 Å². The molecule has 0 saturated heterocycles. The van der Waals surface area contributed by atoms with E-state index in [4.69, 9.17) is 0 Å². The number of hydrogen-bond acceptors (Lipinski definition) is 3. The summed E-state index contributed by atoms with van der Waals surface area (Å²) in [4.78, 5) is 19.0. The van der Waals surface area contributed by atoms with Gasteiger partial charge in [0.1, 0.15) is 5.82 Å². The predicted molar refractivity (Wildman–Crippen MR) is 68.1 cm³/mol. The molecule has 1 aromatic heterocycles. The van der Waals surface area contributed by atoms with Crippen molar-refractivity contribution >= 4 is 0 Å². The van der Waals surface area contributed by atoms with Gasteiger partial charge in [-0.25, -0.2) is 4.98 Å². The third-order valence-corrected chi connectivity index (χ3v) is 3.66. The van der Waals surface area contributed by atoms with Crippen LogP contribution in [-0.4, -0.2) is 16.0 Å². The molecule has 0 aliphatic heterocycles. The molecule has 2 N–H and O–H groups in total. The summed E-state index contributed by atoms with van der Waals surface area (Å²) in [6, 6.07) is 0.566. The lowest BCUT2D eigenvalue weighted by Crippen LogP contribution is -2.30. The van der Waals surface area contributed by atoms with Gasteiger partial charge in [0.2, 0.25) is 0 Å². The molecule has 0 amide bonds. The number of aryl methyl sites for hydroxylation is 2. The lowest BCUT2D eigenvalue weighted by atomic mass is 10.1. The van der Waals surface area contributed by atoms with E-state index < -0.39 is 0 Å². The van der Waals surface area contributed by atoms with Gasteiger partial charge in [0.15, 0.2) is 0 Å². The quantitative estimate of drug-likeness (QED) is 0.840. The van der Waals surface area contributed by atoms with Crippen LogP contribution < -0.4 is 10.9 Å². The summed E-state index contributed by atoms with van der Waals surface area (Å²) in [5.41, 5.74) is 1.93. The van der Waals surface area contributed by atoms with Crippen molar-refractivity contribution in [3.8, 4) is 0 Å². The van der Waals surface area contributed by atoms with Gasteiger partial charge in [-0.1, -0.05) is 13.8 Å². The van der Waals surface area contributed by atoms with Crippen LogP contribution in [0, 0.1) is 19.3 Å². The number of aromatic amines is 1. The molecule has 0 radical (unpaired) electrons. The number of hydrogen-bond donors (Lipinski definition) is 2. The Balaban J connectivity index is 2.20. The van der Waals surface area contributed by atoms with E-state index in [9.17, 15) is 4.79 Å². The van der Waals surface area contributed by atoms with E-state index in [2.05, 4.69) is 29.1 Å². The van der Waals surface area contributed by atoms with Gasteiger partial charge in [0, 0.05) is 17.8 Å². The smallest absolute Gasteiger partial charge is 0.255 e. The minimum Gasteiger partial charge on any atom is -0.310 e. The van der Waals surface area contributed by atoms with Crippen LogP contribution in [-0.2, 0) is 0 Å². The fourth-order valence-corrected chi connectivity index (χ4v) is 2.38. The zero-order chi connectivity index (χ0) is 12.8. The largest absolute Gasteiger partial charge is 0.310 e. The van der Waals surface area contributed by atoms with Gasteiger partial charge < -0.3 is 10.3 Å². The number of rotatable bonds is 3. The van der Waals surface area contributed by atoms with E-state index in [0.29, 0.717) is 17.3 Å². The van der Waals surface area contributed by atoms with E-state index in [0.717, 1.165) is 11.3 Å². The van der Waals surface area contributed by atoms with E-state index in [1.807, 2.05) is 13.8 Å². The zero-order valence-electron chi connectivity index (χ0n) is 11.2. The van der Waals surface area contributed by atoms with E-state index in [1.165, 1.54) is 6.42 Å². The number of H-pyrrole nitrogens is 1. The van der Waals surface area contributed by atoms with Crippen molar-refractivity contribution in [3.63, 3.8) is 0 Å². The summed E-state index contributed by atoms with van der Waals surface area (Å²) in [6.07, 6.45) is 1.17. The standard InChI is InChI=1S/C13H21N3O/c1-7-11(12(17)16-9(3)14-7)8(2)15-10-6-13(10,4)5/h8,10,15H,6H2,1-5H3,(H,14,16,17). The Labute approximate surface area is 102 Å². The minimum absolute atomic E-state index is 0.0199. The summed E-state index contributed by atoms with van der Waals surface area (Å²) >= 11 is 0. The molecule has 94 valence electrons. The molecule has 1 aliphatic rings. The van der Waals surface area contributed by atoms with E-state index >= 15 is 0 Å². The van der Waals surface area contributed by atoms with Gasteiger partial charge >= 0.3 is 0 Å². The van der Waals surface area contributed by atoms with Crippen LogP contribution in [0.4, 0.5) is 0 Å². The lowest BCUT2D eigenvalue weighted by Gasteiger charge is -2.16. The molecule has 0 aromatic carbocycles. The second-order valence-corrected chi connectivity index (χ2v) is 5.78. The first-order chi connectivity index (χ1) is 7.81. The third kappa shape index (κ3) is 2.41. The normalized spacial score (nSPS) is 23.5. The molecule has 2 rings (SSSR count). The zero-order valence-corrected chi connectivity index (χ0v) is 11.2. The van der Waals surface area contributed by atoms with Crippen LogP contribution >= 0.6 is 0 Å². The van der Waals surface area contributed by atoms with Crippen molar-refractivity contribution < 1.29 is 0 Å². The Morgan fingerprint density at radius 2 is 2.06 bits per heavy atom. The summed E-state index contributed by atoms with van der Waals surface area (Å²) < 4.78 is 0. The summed E-state index contributed by atoms with van der Waals surface area (Å²) in [7, 11) is 0. The molecular formula is C13H21N3O. The third-order valence-electron chi connectivity index (χ3n) is 3.66. The van der Waals surface area contributed by atoms with Crippen molar-refractivity contribution in [2.24, 2.45) is 5.41 Å². The Morgan fingerprint density at radius 1 is 1.47 bits per heavy atom. The molecule has 2 unspecified atom stereocenters. The summed E-state index contributed by atoms with van der Waals surface area (Å²) in [6.45, 7) is 10.2. The van der Waals surface area contributed by atoms with Crippen molar-refractivity contribution in [1.29, 1.82) is 0 Å². The van der Waals surface area contributed by atoms with Crippen LogP contribution in [0.2, 0.25) is 0 Å². The van der Waals surface area contributed by atoms with Crippen LogP contribution in [0.1, 0.15) is 50.3 Å². The van der Waals surface area contributed by atoms with Crippen molar-refractivity contribution in [2.75, 3.05) is 0 Å². The molecule has 1 saturated carbocycles. The van der Waals surface area contributed by atoms with Crippen molar-refractivity contribution in [2.45, 2.75) is 53.1 Å². The second kappa shape index (κ2) is 3.95. The van der Waals surface area contributed by atoms with Crippen molar-refractivity contribution in [1.82, 2.24) is 15.3 Å². The average Bonchev–Trinajstić information content (AvgIpc) is 2.70. The fraction of sp³-hybridized carbons (Fsp3) is 0.692.